The number of nitrogens with two attached hydrogens (primary N) is 1. The second-order valence-corrected chi connectivity index (χ2v) is 8.89. The molecule has 0 aromatic carbocycles. The van der Waals surface area contributed by atoms with Gasteiger partial charge in [0.1, 0.15) is 9.71 Å². The first-order chi connectivity index (χ1) is 13.6. The van der Waals surface area contributed by atoms with E-state index in [1.165, 1.54) is 17.8 Å². The van der Waals surface area contributed by atoms with Crippen LogP contribution in [0.5, 0.6) is 0 Å². The lowest BCUT2D eigenvalue weighted by Gasteiger charge is -2.38. The molecule has 28 heavy (non-hydrogen) atoms. The number of nitrogens with one attached hydrogen (secondary N) is 1. The second kappa shape index (κ2) is 8.07. The highest BCUT2D eigenvalue weighted by Crippen LogP contribution is 2.37. The van der Waals surface area contributed by atoms with Gasteiger partial charge in [-0.15, -0.1) is 11.3 Å². The average Bonchev–Trinajstić information content (AvgIpc) is 3.09. The Morgan fingerprint density at radius 1 is 1.14 bits per heavy atom. The van der Waals surface area contributed by atoms with Crippen molar-refractivity contribution < 1.29 is 9.59 Å². The number of fused-ring (bicyclic) bond motifs is 1. The van der Waals surface area contributed by atoms with Crippen LogP contribution in [0.25, 0.3) is 10.2 Å². The molecule has 0 radical (unpaired) electrons. The predicted octanol–water partition coefficient (Wildman–Crippen LogP) is 3.87. The summed E-state index contributed by atoms with van der Waals surface area (Å²) in [7, 11) is 1.60. The fourth-order valence-corrected chi connectivity index (χ4v) is 5.61. The van der Waals surface area contributed by atoms with E-state index < -0.39 is 0 Å². The summed E-state index contributed by atoms with van der Waals surface area (Å²) < 4.78 is 0. The summed E-state index contributed by atoms with van der Waals surface area (Å²) >= 11 is 1.32. The van der Waals surface area contributed by atoms with Gasteiger partial charge in [0.05, 0.1) is 17.4 Å². The zero-order valence-electron chi connectivity index (χ0n) is 16.4. The normalized spacial score (nSPS) is 21.0. The summed E-state index contributed by atoms with van der Waals surface area (Å²) in [5.74, 6) is 0.298. The minimum atomic E-state index is -0.186. The number of carbonyl (C=O) groups excluding carboxylic acids is 2. The first kappa shape index (κ1) is 19.2. The first-order valence-electron chi connectivity index (χ1n) is 10.3. The van der Waals surface area contributed by atoms with Gasteiger partial charge in [0.25, 0.3) is 5.91 Å². The molecular formula is C21H28N4O2S. The van der Waals surface area contributed by atoms with Crippen LogP contribution in [0.1, 0.15) is 72.8 Å². The van der Waals surface area contributed by atoms with Crippen LogP contribution in [0.3, 0.4) is 0 Å². The van der Waals surface area contributed by atoms with Gasteiger partial charge in [-0.2, -0.15) is 0 Å². The largest absolute Gasteiger partial charge is 0.397 e. The van der Waals surface area contributed by atoms with Crippen LogP contribution in [-0.2, 0) is 4.79 Å². The minimum absolute atomic E-state index is 0.0272. The van der Waals surface area contributed by atoms with Crippen LogP contribution in [0, 0.1) is 5.92 Å². The number of aromatic nitrogens is 1. The highest BCUT2D eigenvalue weighted by molar-refractivity contribution is 7.21. The van der Waals surface area contributed by atoms with Crippen LogP contribution in [0.2, 0.25) is 0 Å². The maximum absolute atomic E-state index is 13.2. The lowest BCUT2D eigenvalue weighted by Crippen LogP contribution is -2.42. The third-order valence-corrected chi connectivity index (χ3v) is 7.24. The highest BCUT2D eigenvalue weighted by atomic mass is 32.1. The number of likely N-dealkylation sites (tertiary alicyclic amines) is 1. The fourth-order valence-electron chi connectivity index (χ4n) is 4.57. The molecule has 1 aliphatic carbocycles. The van der Waals surface area contributed by atoms with Gasteiger partial charge in [-0.05, 0) is 44.2 Å². The van der Waals surface area contributed by atoms with Gasteiger partial charge in [0, 0.05) is 24.9 Å². The molecule has 2 fully saturated rings. The third kappa shape index (κ3) is 3.48. The number of nitrogen functional groups attached to an aromatic ring is 1. The molecule has 0 spiro atoms. The van der Waals surface area contributed by atoms with Crippen LogP contribution in [0.4, 0.5) is 5.69 Å². The molecule has 1 atom stereocenters. The van der Waals surface area contributed by atoms with Crippen molar-refractivity contribution in [2.24, 2.45) is 5.92 Å². The molecule has 1 saturated carbocycles. The molecule has 150 valence electrons. The van der Waals surface area contributed by atoms with Crippen LogP contribution < -0.4 is 11.1 Å². The first-order valence-corrected chi connectivity index (χ1v) is 11.1. The summed E-state index contributed by atoms with van der Waals surface area (Å²) in [6, 6.07) is 3.96. The van der Waals surface area contributed by atoms with Gasteiger partial charge in [-0.1, -0.05) is 19.3 Å². The molecule has 2 aromatic heterocycles. The minimum Gasteiger partial charge on any atom is -0.397 e. The van der Waals surface area contributed by atoms with E-state index in [0.29, 0.717) is 16.5 Å². The van der Waals surface area contributed by atoms with Gasteiger partial charge < -0.3 is 16.0 Å². The smallest absolute Gasteiger partial charge is 0.263 e. The number of anilines is 1. The van der Waals surface area contributed by atoms with Crippen molar-refractivity contribution >= 4 is 39.1 Å². The molecule has 7 heteroatoms. The number of amides is 2. The summed E-state index contributed by atoms with van der Waals surface area (Å²) in [5.41, 5.74) is 7.56. The van der Waals surface area contributed by atoms with E-state index in [-0.39, 0.29) is 17.9 Å². The Kier molecular flexibility index (Phi) is 5.53. The molecule has 1 aliphatic heterocycles. The van der Waals surface area contributed by atoms with E-state index in [1.807, 2.05) is 12.1 Å². The Morgan fingerprint density at radius 2 is 1.89 bits per heavy atom. The second-order valence-electron chi connectivity index (χ2n) is 7.89. The maximum atomic E-state index is 13.2. The molecule has 1 saturated heterocycles. The molecule has 4 rings (SSSR count). The average molecular weight is 401 g/mol. The summed E-state index contributed by atoms with van der Waals surface area (Å²) in [6.45, 7) is 0.815. The monoisotopic (exact) mass is 400 g/mol. The van der Waals surface area contributed by atoms with E-state index in [1.54, 1.807) is 7.05 Å². The van der Waals surface area contributed by atoms with Crippen molar-refractivity contribution in [3.05, 3.63) is 22.7 Å². The van der Waals surface area contributed by atoms with E-state index in [0.717, 1.165) is 67.4 Å². The fraction of sp³-hybridized carbons (Fsp3) is 0.571. The summed E-state index contributed by atoms with van der Waals surface area (Å²) in [5, 5.41) is 3.44. The number of piperidine rings is 1. The lowest BCUT2D eigenvalue weighted by atomic mass is 9.86. The van der Waals surface area contributed by atoms with Gasteiger partial charge in [0.2, 0.25) is 5.91 Å². The standard InChI is InChI=1S/C21H28N4O2S/c1-23-19(26)18-17(22)14-10-11-15(24-20(14)28-18)16-9-5-6-12-25(16)21(27)13-7-3-2-4-8-13/h10-11,13,16H,2-9,12,22H2,1H3,(H,23,26)/t16-/m1/s1. The van der Waals surface area contributed by atoms with Crippen molar-refractivity contribution in [1.29, 1.82) is 0 Å². The highest BCUT2D eigenvalue weighted by Gasteiger charge is 2.33. The molecule has 0 unspecified atom stereocenters. The van der Waals surface area contributed by atoms with Crippen LogP contribution in [-0.4, -0.2) is 35.3 Å². The molecule has 2 amide bonds. The van der Waals surface area contributed by atoms with Crippen molar-refractivity contribution in [2.75, 3.05) is 19.3 Å². The number of nitrogens with zero attached hydrogens (tertiary/aromatic N) is 2. The molecule has 0 bridgehead atoms. The SMILES string of the molecule is CNC(=O)c1sc2nc([C@H]3CCCCN3C(=O)C3CCCCC3)ccc2c1N. The van der Waals surface area contributed by atoms with Crippen molar-refractivity contribution in [2.45, 2.75) is 57.4 Å². The Labute approximate surface area is 169 Å². The van der Waals surface area contributed by atoms with Crippen molar-refractivity contribution in [3.8, 4) is 0 Å². The van der Waals surface area contributed by atoms with Gasteiger partial charge in [0.15, 0.2) is 0 Å². The maximum Gasteiger partial charge on any atom is 0.263 e. The summed E-state index contributed by atoms with van der Waals surface area (Å²) in [6.07, 6.45) is 8.72. The third-order valence-electron chi connectivity index (χ3n) is 6.13. The topological polar surface area (TPSA) is 88.3 Å². The molecule has 6 nitrogen and oxygen atoms in total. The zero-order valence-corrected chi connectivity index (χ0v) is 17.2. The summed E-state index contributed by atoms with van der Waals surface area (Å²) in [4.78, 5) is 33.4. The van der Waals surface area contributed by atoms with Crippen molar-refractivity contribution in [1.82, 2.24) is 15.2 Å². The molecule has 2 aromatic rings. The Balaban J connectivity index is 1.64. The number of carbonyl (C=O) groups is 2. The Bertz CT molecular complexity index is 888. The Morgan fingerprint density at radius 3 is 2.64 bits per heavy atom. The number of thiophene rings is 1. The molecule has 3 heterocycles. The van der Waals surface area contributed by atoms with Gasteiger partial charge in [-0.3, -0.25) is 9.59 Å². The lowest BCUT2D eigenvalue weighted by molar-refractivity contribution is -0.140. The number of pyridine rings is 1. The molecule has 3 N–H and O–H groups in total. The zero-order chi connectivity index (χ0) is 19.7. The predicted molar refractivity (Wildman–Crippen MR) is 112 cm³/mol. The van der Waals surface area contributed by atoms with Crippen LogP contribution in [0.15, 0.2) is 12.1 Å². The molecular weight excluding hydrogens is 372 g/mol. The number of rotatable bonds is 3. The van der Waals surface area contributed by atoms with E-state index in [4.69, 9.17) is 10.7 Å². The van der Waals surface area contributed by atoms with E-state index >= 15 is 0 Å². The van der Waals surface area contributed by atoms with E-state index in [9.17, 15) is 9.59 Å². The van der Waals surface area contributed by atoms with Crippen molar-refractivity contribution in [3.63, 3.8) is 0 Å². The van der Waals surface area contributed by atoms with E-state index in [2.05, 4.69) is 10.2 Å². The molecule has 2 aliphatic rings. The van der Waals surface area contributed by atoms with Gasteiger partial charge >= 0.3 is 0 Å². The number of hydrogen-bond donors (Lipinski definition) is 2. The quantitative estimate of drug-likeness (QED) is 0.818. The number of hydrogen-bond acceptors (Lipinski definition) is 5. The van der Waals surface area contributed by atoms with Crippen LogP contribution >= 0.6 is 11.3 Å². The Hall–Kier alpha value is -2.15. The van der Waals surface area contributed by atoms with Gasteiger partial charge in [-0.25, -0.2) is 4.98 Å².